The lowest BCUT2D eigenvalue weighted by Crippen LogP contribution is -2.48. The number of methoxy groups -OCH3 is 1. The third kappa shape index (κ3) is 5.60. The molecule has 3 atom stereocenters. The number of carbonyl (C=O) groups excluding carboxylic acids is 1. The van der Waals surface area contributed by atoms with Crippen molar-refractivity contribution in [1.29, 1.82) is 0 Å². The van der Waals surface area contributed by atoms with Gasteiger partial charge in [-0.2, -0.15) is 14.8 Å². The molecule has 0 saturated carbocycles. The molecule has 1 aliphatic rings. The molecule has 12 heteroatoms. The predicted octanol–water partition coefficient (Wildman–Crippen LogP) is 4.00. The first-order valence-electron chi connectivity index (χ1n) is 12.9. The van der Waals surface area contributed by atoms with Crippen LogP contribution in [0.3, 0.4) is 0 Å². The lowest BCUT2D eigenvalue weighted by atomic mass is 9.94. The summed E-state index contributed by atoms with van der Waals surface area (Å²) in [4.78, 5) is 13.4. The number of anilines is 1. The van der Waals surface area contributed by atoms with Crippen molar-refractivity contribution >= 4 is 11.8 Å². The summed E-state index contributed by atoms with van der Waals surface area (Å²) in [7, 11) is 3.35. The Kier molecular flexibility index (Phi) is 7.66. The summed E-state index contributed by atoms with van der Waals surface area (Å²) in [6.07, 6.45) is 3.55. The number of nitrogens with one attached hydrogen (secondary N) is 2. The molecule has 0 bridgehead atoms. The van der Waals surface area contributed by atoms with Crippen LogP contribution in [0.2, 0.25) is 0 Å². The Labute approximate surface area is 230 Å². The molecule has 2 amide bonds. The van der Waals surface area contributed by atoms with Gasteiger partial charge in [-0.25, -0.2) is 23.5 Å². The van der Waals surface area contributed by atoms with E-state index < -0.39 is 29.6 Å². The Balaban J connectivity index is 1.44. The van der Waals surface area contributed by atoms with Gasteiger partial charge in [-0.05, 0) is 36.8 Å². The molecule has 3 N–H and O–H groups in total. The minimum Gasteiger partial charge on any atom is -0.379 e. The summed E-state index contributed by atoms with van der Waals surface area (Å²) in [6, 6.07) is 12.0. The van der Waals surface area contributed by atoms with E-state index in [0.29, 0.717) is 23.7 Å². The van der Waals surface area contributed by atoms with Crippen molar-refractivity contribution < 1.29 is 28.2 Å². The predicted molar refractivity (Wildman–Crippen MR) is 144 cm³/mol. The number of likely N-dealkylation sites (tertiary alicyclic amines) is 1. The van der Waals surface area contributed by atoms with Crippen LogP contribution in [0.1, 0.15) is 17.0 Å². The fourth-order valence-corrected chi connectivity index (χ4v) is 5.26. The number of nitrogens with zero attached hydrogens (tertiary/aromatic N) is 5. The van der Waals surface area contributed by atoms with Gasteiger partial charge in [0.1, 0.15) is 31.1 Å². The van der Waals surface area contributed by atoms with Crippen molar-refractivity contribution in [3.05, 3.63) is 83.7 Å². The summed E-state index contributed by atoms with van der Waals surface area (Å²) < 4.78 is 35.9. The van der Waals surface area contributed by atoms with Crippen molar-refractivity contribution in [3.8, 4) is 16.9 Å². The van der Waals surface area contributed by atoms with E-state index in [1.807, 2.05) is 50.5 Å². The van der Waals surface area contributed by atoms with E-state index in [4.69, 9.17) is 9.84 Å². The third-order valence-electron chi connectivity index (χ3n) is 7.29. The minimum atomic E-state index is -0.981. The molecule has 1 fully saturated rings. The molecule has 0 radical (unpaired) electrons. The Hall–Kier alpha value is -4.13. The van der Waals surface area contributed by atoms with Crippen LogP contribution in [0.4, 0.5) is 19.4 Å². The van der Waals surface area contributed by atoms with Crippen molar-refractivity contribution in [2.45, 2.75) is 18.9 Å². The summed E-state index contributed by atoms with van der Waals surface area (Å²) in [5, 5.41) is 26.1. The van der Waals surface area contributed by atoms with Gasteiger partial charge < -0.3 is 10.1 Å². The van der Waals surface area contributed by atoms with Crippen LogP contribution < -0.4 is 10.6 Å². The van der Waals surface area contributed by atoms with Gasteiger partial charge >= 0.3 is 6.03 Å². The smallest absolute Gasteiger partial charge is 0.320 e. The number of benzene rings is 2. The quantitative estimate of drug-likeness (QED) is 0.287. The first-order chi connectivity index (χ1) is 19.2. The molecule has 1 aliphatic heterocycles. The van der Waals surface area contributed by atoms with E-state index in [9.17, 15) is 18.8 Å². The Morgan fingerprint density at radius 1 is 1.18 bits per heavy atom. The lowest BCUT2D eigenvalue weighted by molar-refractivity contribution is -1.09. The van der Waals surface area contributed by atoms with E-state index >= 15 is 0 Å². The number of carbonyl (C=O) groups is 1. The average Bonchev–Trinajstić information content (AvgIpc) is 3.60. The summed E-state index contributed by atoms with van der Waals surface area (Å²) in [6.45, 7) is 2.81. The fourth-order valence-electron chi connectivity index (χ4n) is 5.26. The SMILES string of the molecule is COCC[N+]1(O)CC(c2ccc(F)c(F)c2)[C@H](NC(=O)Nc2c(C)c(-c3cnn(C)c3)nn2-c2ccccc2)C1. The third-order valence-corrected chi connectivity index (χ3v) is 7.29. The van der Waals surface area contributed by atoms with Gasteiger partial charge in [-0.15, -0.1) is 0 Å². The molecule has 40 heavy (non-hydrogen) atoms. The van der Waals surface area contributed by atoms with Crippen molar-refractivity contribution in [2.75, 3.05) is 38.7 Å². The van der Waals surface area contributed by atoms with E-state index in [2.05, 4.69) is 15.7 Å². The lowest BCUT2D eigenvalue weighted by Gasteiger charge is -2.24. The molecule has 1 saturated heterocycles. The molecule has 2 aromatic carbocycles. The van der Waals surface area contributed by atoms with Gasteiger partial charge in [0.2, 0.25) is 0 Å². The maximum atomic E-state index is 14.1. The zero-order chi connectivity index (χ0) is 28.4. The molecule has 4 aromatic rings. The molecule has 3 heterocycles. The minimum absolute atomic E-state index is 0.165. The number of hydrogen-bond acceptors (Lipinski definition) is 5. The van der Waals surface area contributed by atoms with E-state index in [1.54, 1.807) is 15.6 Å². The molecule has 0 spiro atoms. The molecule has 5 rings (SSSR count). The van der Waals surface area contributed by atoms with Crippen LogP contribution in [0.25, 0.3) is 16.9 Å². The fraction of sp³-hybridized carbons (Fsp3) is 0.321. The molecule has 210 valence electrons. The number of quaternary nitrogens is 1. The molecule has 10 nitrogen and oxygen atoms in total. The number of rotatable bonds is 8. The maximum Gasteiger partial charge on any atom is 0.320 e. The first-order valence-corrected chi connectivity index (χ1v) is 12.9. The number of amides is 2. The summed E-state index contributed by atoms with van der Waals surface area (Å²) >= 11 is 0. The number of hydroxylamine groups is 3. The highest BCUT2D eigenvalue weighted by Crippen LogP contribution is 2.33. The number of hydrogen-bond donors (Lipinski definition) is 3. The van der Waals surface area contributed by atoms with Crippen molar-refractivity contribution in [3.63, 3.8) is 0 Å². The Morgan fingerprint density at radius 2 is 1.95 bits per heavy atom. The van der Waals surface area contributed by atoms with Crippen LogP contribution in [-0.2, 0) is 11.8 Å². The average molecular weight is 553 g/mol. The standard InChI is InChI=1S/C28H31F2N7O3/c1-18-26(20-14-31-35(2)15-20)34-36(21-7-5-4-6-8-21)27(18)33-28(38)32-25-17-37(39,11-12-40-3)16-22(25)19-9-10-23(29)24(30)13-19/h4-10,13-15,22,25,39H,11-12,16-17H2,1-3H3,(H-,32,33,34,38)/p+1/t22?,25-,37?/m1/s1. The van der Waals surface area contributed by atoms with E-state index in [1.165, 1.54) is 13.2 Å². The number of aryl methyl sites for hydroxylation is 1. The zero-order valence-corrected chi connectivity index (χ0v) is 22.5. The van der Waals surface area contributed by atoms with Crippen LogP contribution in [0, 0.1) is 18.6 Å². The number of aromatic nitrogens is 4. The van der Waals surface area contributed by atoms with Crippen molar-refractivity contribution in [2.24, 2.45) is 7.05 Å². The topological polar surface area (TPSA) is 106 Å². The highest BCUT2D eigenvalue weighted by molar-refractivity contribution is 5.91. The van der Waals surface area contributed by atoms with Gasteiger partial charge in [0, 0.05) is 31.5 Å². The van der Waals surface area contributed by atoms with Crippen molar-refractivity contribution in [1.82, 2.24) is 24.9 Å². The molecule has 2 aromatic heterocycles. The zero-order valence-electron chi connectivity index (χ0n) is 22.5. The summed E-state index contributed by atoms with van der Waals surface area (Å²) in [5.74, 6) is -1.93. The molecule has 0 aliphatic carbocycles. The van der Waals surface area contributed by atoms with Crippen LogP contribution in [0.15, 0.2) is 60.9 Å². The van der Waals surface area contributed by atoms with Gasteiger partial charge in [-0.3, -0.25) is 10.00 Å². The Morgan fingerprint density at radius 3 is 2.62 bits per heavy atom. The highest BCUT2D eigenvalue weighted by Gasteiger charge is 2.47. The van der Waals surface area contributed by atoms with Crippen LogP contribution >= 0.6 is 0 Å². The maximum absolute atomic E-state index is 14.1. The highest BCUT2D eigenvalue weighted by atomic mass is 19.2. The van der Waals surface area contributed by atoms with E-state index in [0.717, 1.165) is 28.9 Å². The largest absolute Gasteiger partial charge is 0.379 e. The molecule has 2 unspecified atom stereocenters. The monoisotopic (exact) mass is 552 g/mol. The van der Waals surface area contributed by atoms with Gasteiger partial charge in [0.25, 0.3) is 0 Å². The second-order valence-corrected chi connectivity index (χ2v) is 10.1. The summed E-state index contributed by atoms with van der Waals surface area (Å²) in [5.41, 5.74) is 3.44. The Bertz CT molecular complexity index is 1510. The van der Waals surface area contributed by atoms with Crippen LogP contribution in [0.5, 0.6) is 0 Å². The molecular weight excluding hydrogens is 520 g/mol. The molecular formula is C28H32F2N7O3+. The van der Waals surface area contributed by atoms with E-state index in [-0.39, 0.29) is 24.3 Å². The number of ether oxygens (including phenoxy) is 1. The number of halogens is 2. The van der Waals surface area contributed by atoms with Gasteiger partial charge in [0.05, 0.1) is 30.5 Å². The number of para-hydroxylation sites is 1. The second kappa shape index (κ2) is 11.2. The normalized spacial score (nSPS) is 20.6. The second-order valence-electron chi connectivity index (χ2n) is 10.1. The van der Waals surface area contributed by atoms with Crippen LogP contribution in [-0.4, -0.2) is 74.8 Å². The van der Waals surface area contributed by atoms with Gasteiger partial charge in [-0.1, -0.05) is 24.3 Å². The first kappa shape index (κ1) is 27.4. The number of urea groups is 1. The van der Waals surface area contributed by atoms with Gasteiger partial charge in [0.15, 0.2) is 11.6 Å².